The molecule has 0 saturated carbocycles. The minimum absolute atomic E-state index is 0.160. The van der Waals surface area contributed by atoms with Crippen molar-refractivity contribution in [3.8, 4) is 5.75 Å². The van der Waals surface area contributed by atoms with Crippen molar-refractivity contribution in [1.29, 1.82) is 0 Å². The van der Waals surface area contributed by atoms with Gasteiger partial charge in [-0.25, -0.2) is 4.98 Å². The van der Waals surface area contributed by atoms with E-state index in [1.165, 1.54) is 12.1 Å². The van der Waals surface area contributed by atoms with Crippen LogP contribution >= 0.6 is 31.9 Å². The Kier molecular flexibility index (Phi) is 4.77. The first-order valence-corrected chi connectivity index (χ1v) is 7.28. The van der Waals surface area contributed by atoms with Crippen LogP contribution in [0.5, 0.6) is 5.75 Å². The molecule has 0 bridgehead atoms. The summed E-state index contributed by atoms with van der Waals surface area (Å²) in [5.41, 5.74) is 1.09. The highest BCUT2D eigenvalue weighted by Gasteiger charge is 2.32. The summed E-state index contributed by atoms with van der Waals surface area (Å²) < 4.78 is 42.4. The van der Waals surface area contributed by atoms with Gasteiger partial charge in [0.05, 0.1) is 10.2 Å². The molecule has 0 spiro atoms. The van der Waals surface area contributed by atoms with E-state index < -0.39 is 6.36 Å². The number of benzene rings is 1. The number of rotatable bonds is 3. The minimum atomic E-state index is -4.77. The summed E-state index contributed by atoms with van der Waals surface area (Å²) in [6.45, 7) is 1.86. The van der Waals surface area contributed by atoms with Crippen LogP contribution in [0.2, 0.25) is 0 Å². The number of halogens is 5. The van der Waals surface area contributed by atoms with Crippen molar-refractivity contribution >= 4 is 43.4 Å². The van der Waals surface area contributed by atoms with Gasteiger partial charge in [0.25, 0.3) is 0 Å². The van der Waals surface area contributed by atoms with Crippen LogP contribution in [0.4, 0.5) is 24.7 Å². The number of ether oxygens (including phenoxy) is 1. The van der Waals surface area contributed by atoms with Crippen molar-refractivity contribution in [2.45, 2.75) is 13.3 Å². The molecule has 0 saturated heterocycles. The second kappa shape index (κ2) is 6.23. The number of hydrogen-bond acceptors (Lipinski definition) is 3. The van der Waals surface area contributed by atoms with Crippen LogP contribution in [0.1, 0.15) is 5.56 Å². The third kappa shape index (κ3) is 4.60. The summed E-state index contributed by atoms with van der Waals surface area (Å²) in [5, 5.41) is 2.81. The average molecular weight is 426 g/mol. The molecule has 3 nitrogen and oxygen atoms in total. The van der Waals surface area contributed by atoms with Crippen LogP contribution in [0.3, 0.4) is 0 Å². The Morgan fingerprint density at radius 2 is 1.90 bits per heavy atom. The van der Waals surface area contributed by atoms with Crippen molar-refractivity contribution in [1.82, 2.24) is 4.98 Å². The van der Waals surface area contributed by atoms with Crippen LogP contribution < -0.4 is 10.1 Å². The van der Waals surface area contributed by atoms with Gasteiger partial charge in [-0.15, -0.1) is 13.2 Å². The van der Waals surface area contributed by atoms with Crippen molar-refractivity contribution < 1.29 is 17.9 Å². The molecule has 0 radical (unpaired) electrons. The van der Waals surface area contributed by atoms with Crippen molar-refractivity contribution in [3.63, 3.8) is 0 Å². The van der Waals surface area contributed by atoms with Crippen LogP contribution in [0, 0.1) is 6.92 Å². The number of hydrogen-bond donors (Lipinski definition) is 1. The molecule has 112 valence electrons. The zero-order chi connectivity index (χ0) is 15.6. The first-order valence-electron chi connectivity index (χ1n) is 5.69. The zero-order valence-electron chi connectivity index (χ0n) is 10.6. The number of aromatic nitrogens is 1. The lowest BCUT2D eigenvalue weighted by atomic mass is 10.2. The molecule has 0 aliphatic heterocycles. The quantitative estimate of drug-likeness (QED) is 0.699. The number of aryl methyl sites for hydroxylation is 1. The fourth-order valence-corrected chi connectivity index (χ4v) is 2.46. The monoisotopic (exact) mass is 424 g/mol. The summed E-state index contributed by atoms with van der Waals surface area (Å²) in [6.07, 6.45) is -3.16. The fraction of sp³-hybridized carbons (Fsp3) is 0.154. The molecule has 1 aromatic carbocycles. The Morgan fingerprint density at radius 1 is 1.19 bits per heavy atom. The van der Waals surface area contributed by atoms with Gasteiger partial charge < -0.3 is 10.1 Å². The lowest BCUT2D eigenvalue weighted by molar-refractivity contribution is -0.274. The lowest BCUT2D eigenvalue weighted by Gasteiger charge is -2.15. The topological polar surface area (TPSA) is 34.2 Å². The number of nitrogens with one attached hydrogen (secondary N) is 1. The molecule has 0 fully saturated rings. The van der Waals surface area contributed by atoms with Crippen molar-refractivity contribution in [2.75, 3.05) is 5.32 Å². The first kappa shape index (κ1) is 16.1. The smallest absolute Gasteiger partial charge is 0.404 e. The van der Waals surface area contributed by atoms with Gasteiger partial charge in [-0.1, -0.05) is 15.9 Å². The summed E-state index contributed by atoms with van der Waals surface area (Å²) in [4.78, 5) is 4.13. The largest absolute Gasteiger partial charge is 0.573 e. The normalized spacial score (nSPS) is 11.3. The maximum atomic E-state index is 12.4. The van der Waals surface area contributed by atoms with Crippen LogP contribution in [0.15, 0.2) is 39.4 Å². The highest BCUT2D eigenvalue weighted by molar-refractivity contribution is 9.10. The van der Waals surface area contributed by atoms with Crippen molar-refractivity contribution in [2.24, 2.45) is 0 Å². The molecule has 1 heterocycles. The van der Waals surface area contributed by atoms with Gasteiger partial charge in [-0.3, -0.25) is 0 Å². The minimum Gasteiger partial charge on any atom is -0.404 e. The predicted octanol–water partition coefficient (Wildman–Crippen LogP) is 5.56. The second-order valence-electron chi connectivity index (χ2n) is 4.16. The SMILES string of the molecule is Cc1cnc(Nc2ccc(Br)cc2OC(F)(F)F)c(Br)c1. The van der Waals surface area contributed by atoms with Crippen LogP contribution in [-0.2, 0) is 0 Å². The molecule has 2 aromatic rings. The molecule has 0 aliphatic carbocycles. The van der Waals surface area contributed by atoms with E-state index in [1.807, 2.05) is 6.92 Å². The Labute approximate surface area is 135 Å². The predicted molar refractivity (Wildman–Crippen MR) is 80.8 cm³/mol. The van der Waals surface area contributed by atoms with E-state index in [-0.39, 0.29) is 11.4 Å². The number of anilines is 2. The Morgan fingerprint density at radius 3 is 2.52 bits per heavy atom. The number of nitrogens with zero attached hydrogens (tertiary/aromatic N) is 1. The van der Waals surface area contributed by atoms with E-state index in [9.17, 15) is 13.2 Å². The molecule has 1 aromatic heterocycles. The summed E-state index contributed by atoms with van der Waals surface area (Å²) in [5.74, 6) is 0.0566. The van der Waals surface area contributed by atoms with Gasteiger partial charge in [0.2, 0.25) is 0 Å². The van der Waals surface area contributed by atoms with Gasteiger partial charge in [0, 0.05) is 10.7 Å². The van der Waals surface area contributed by atoms with Gasteiger partial charge in [-0.05, 0) is 52.7 Å². The number of pyridine rings is 1. The molecule has 0 unspecified atom stereocenters. The van der Waals surface area contributed by atoms with Gasteiger partial charge in [0.1, 0.15) is 5.82 Å². The molecule has 0 aliphatic rings. The second-order valence-corrected chi connectivity index (χ2v) is 5.93. The van der Waals surface area contributed by atoms with E-state index in [0.29, 0.717) is 14.8 Å². The fourth-order valence-electron chi connectivity index (χ4n) is 1.56. The molecule has 21 heavy (non-hydrogen) atoms. The Bertz CT molecular complexity index is 662. The van der Waals surface area contributed by atoms with Crippen LogP contribution in [-0.4, -0.2) is 11.3 Å². The van der Waals surface area contributed by atoms with Crippen LogP contribution in [0.25, 0.3) is 0 Å². The summed E-state index contributed by atoms with van der Waals surface area (Å²) in [7, 11) is 0. The third-order valence-corrected chi connectivity index (χ3v) is 3.50. The number of alkyl halides is 3. The molecule has 8 heteroatoms. The molecule has 0 atom stereocenters. The molecular weight excluding hydrogens is 417 g/mol. The summed E-state index contributed by atoms with van der Waals surface area (Å²) in [6, 6.07) is 6.11. The molecule has 1 N–H and O–H groups in total. The molecular formula is C13H9Br2F3N2O. The van der Waals surface area contributed by atoms with E-state index >= 15 is 0 Å². The molecule has 0 amide bonds. The van der Waals surface area contributed by atoms with E-state index in [1.54, 1.807) is 18.3 Å². The van der Waals surface area contributed by atoms with Gasteiger partial charge in [0.15, 0.2) is 5.75 Å². The maximum Gasteiger partial charge on any atom is 0.573 e. The van der Waals surface area contributed by atoms with E-state index in [2.05, 4.69) is 46.9 Å². The third-order valence-electron chi connectivity index (χ3n) is 2.40. The van der Waals surface area contributed by atoms with Gasteiger partial charge in [-0.2, -0.15) is 0 Å². The Hall–Kier alpha value is -1.28. The van der Waals surface area contributed by atoms with Crippen molar-refractivity contribution in [3.05, 3.63) is 45.0 Å². The molecule has 2 rings (SSSR count). The zero-order valence-corrected chi connectivity index (χ0v) is 13.8. The van der Waals surface area contributed by atoms with E-state index in [0.717, 1.165) is 5.56 Å². The van der Waals surface area contributed by atoms with Gasteiger partial charge >= 0.3 is 6.36 Å². The Balaban J connectivity index is 2.35. The standard InChI is InChI=1S/C13H9Br2F3N2O/c1-7-4-9(15)12(19-6-7)20-10-3-2-8(14)5-11(10)21-13(16,17)18/h2-6H,1H3,(H,19,20). The highest BCUT2D eigenvalue weighted by Crippen LogP contribution is 2.35. The highest BCUT2D eigenvalue weighted by atomic mass is 79.9. The summed E-state index contributed by atoms with van der Waals surface area (Å²) >= 11 is 6.42. The van der Waals surface area contributed by atoms with E-state index in [4.69, 9.17) is 0 Å². The maximum absolute atomic E-state index is 12.4. The first-order chi connectivity index (χ1) is 9.74. The lowest BCUT2D eigenvalue weighted by Crippen LogP contribution is -2.18. The average Bonchev–Trinajstić information content (AvgIpc) is 2.33.